The maximum absolute atomic E-state index is 12.8. The van der Waals surface area contributed by atoms with Crippen LogP contribution in [0, 0.1) is 5.92 Å². The third kappa shape index (κ3) is 6.52. The van der Waals surface area contributed by atoms with Gasteiger partial charge in [-0.25, -0.2) is 4.98 Å². The largest absolute Gasteiger partial charge is 0.377 e. The summed E-state index contributed by atoms with van der Waals surface area (Å²) in [6, 6.07) is 1.51. The van der Waals surface area contributed by atoms with Gasteiger partial charge in [-0.05, 0) is 45.6 Å². The van der Waals surface area contributed by atoms with Gasteiger partial charge in [-0.1, -0.05) is 11.6 Å². The van der Waals surface area contributed by atoms with Crippen molar-refractivity contribution in [3.8, 4) is 0 Å². The van der Waals surface area contributed by atoms with E-state index in [-0.39, 0.29) is 35.8 Å². The Morgan fingerprint density at radius 2 is 1.94 bits per heavy atom. The number of pyridine rings is 1. The molecule has 3 rings (SSSR count). The Kier molecular flexibility index (Phi) is 8.04. The smallest absolute Gasteiger partial charge is 0.272 e. The highest BCUT2D eigenvalue weighted by atomic mass is 35.5. The van der Waals surface area contributed by atoms with Gasteiger partial charge in [0.1, 0.15) is 5.69 Å². The van der Waals surface area contributed by atoms with Crippen LogP contribution in [0.3, 0.4) is 0 Å². The Bertz CT molecular complexity index is 1000. The lowest BCUT2D eigenvalue weighted by Gasteiger charge is -2.28. The van der Waals surface area contributed by atoms with Gasteiger partial charge in [0.15, 0.2) is 5.69 Å². The molecule has 0 spiro atoms. The molecule has 33 heavy (non-hydrogen) atoms. The number of imidazole rings is 1. The first-order valence-corrected chi connectivity index (χ1v) is 11.2. The predicted octanol–water partition coefficient (Wildman–Crippen LogP) is 2.54. The Balaban J connectivity index is 1.51. The first-order chi connectivity index (χ1) is 15.7. The van der Waals surface area contributed by atoms with E-state index < -0.39 is 17.4 Å². The second-order valence-electron chi connectivity index (χ2n) is 8.64. The number of rotatable bonds is 8. The average Bonchev–Trinajstić information content (AvgIpc) is 3.30. The molecule has 0 aromatic carbocycles. The zero-order valence-electron chi connectivity index (χ0n) is 18.9. The SMILES string of the molecule is COC(C)(C)CNC(=O)c1[nH]cnc1C(=O)NC1CCC(C(=O)Nc2cnccc2Cl)CC1. The van der Waals surface area contributed by atoms with E-state index in [1.807, 2.05) is 13.8 Å². The normalized spacial score (nSPS) is 18.4. The Morgan fingerprint density at radius 3 is 2.61 bits per heavy atom. The zero-order chi connectivity index (χ0) is 24.0. The molecular weight excluding hydrogens is 448 g/mol. The fourth-order valence-electron chi connectivity index (χ4n) is 3.55. The first-order valence-electron chi connectivity index (χ1n) is 10.8. The number of halogens is 1. The lowest BCUT2D eigenvalue weighted by atomic mass is 9.85. The predicted molar refractivity (Wildman–Crippen MR) is 123 cm³/mol. The van der Waals surface area contributed by atoms with E-state index in [0.29, 0.717) is 36.4 Å². The van der Waals surface area contributed by atoms with E-state index in [1.54, 1.807) is 19.4 Å². The van der Waals surface area contributed by atoms with E-state index >= 15 is 0 Å². The van der Waals surface area contributed by atoms with Gasteiger partial charge in [0.05, 0.1) is 28.8 Å². The molecule has 10 nitrogen and oxygen atoms in total. The van der Waals surface area contributed by atoms with Gasteiger partial charge in [0.2, 0.25) is 5.91 Å². The van der Waals surface area contributed by atoms with Crippen molar-refractivity contribution in [2.75, 3.05) is 19.0 Å². The molecule has 0 saturated heterocycles. The second-order valence-corrected chi connectivity index (χ2v) is 9.05. The molecule has 0 atom stereocenters. The van der Waals surface area contributed by atoms with Gasteiger partial charge in [-0.15, -0.1) is 0 Å². The van der Waals surface area contributed by atoms with E-state index in [2.05, 4.69) is 30.9 Å². The number of carbonyl (C=O) groups excluding carboxylic acids is 3. The third-order valence-electron chi connectivity index (χ3n) is 5.77. The standard InChI is InChI=1S/C22H29ClN6O4/c1-22(2,33-3)11-25-20(31)17-18(27-12-26-17)21(32)28-14-6-4-13(5-7-14)19(30)29-16-10-24-9-8-15(16)23/h8-10,12-14H,4-7,11H2,1-3H3,(H,25,31)(H,26,27)(H,28,32)(H,29,30). The van der Waals surface area contributed by atoms with Crippen molar-refractivity contribution in [3.63, 3.8) is 0 Å². The number of H-pyrrole nitrogens is 1. The van der Waals surface area contributed by atoms with Gasteiger partial charge in [0.25, 0.3) is 11.8 Å². The summed E-state index contributed by atoms with van der Waals surface area (Å²) in [7, 11) is 1.56. The molecule has 1 fully saturated rings. The van der Waals surface area contributed by atoms with Crippen LogP contribution < -0.4 is 16.0 Å². The summed E-state index contributed by atoms with van der Waals surface area (Å²) >= 11 is 6.08. The van der Waals surface area contributed by atoms with Crippen LogP contribution in [0.2, 0.25) is 5.02 Å². The van der Waals surface area contributed by atoms with E-state index in [4.69, 9.17) is 16.3 Å². The van der Waals surface area contributed by atoms with Crippen LogP contribution in [0.4, 0.5) is 5.69 Å². The highest BCUT2D eigenvalue weighted by molar-refractivity contribution is 6.33. The monoisotopic (exact) mass is 476 g/mol. The molecule has 0 unspecified atom stereocenters. The number of aromatic nitrogens is 3. The molecule has 1 aliphatic rings. The molecule has 0 radical (unpaired) electrons. The van der Waals surface area contributed by atoms with Crippen molar-refractivity contribution in [1.29, 1.82) is 0 Å². The number of aromatic amines is 1. The van der Waals surface area contributed by atoms with Crippen LogP contribution in [0.1, 0.15) is 60.5 Å². The number of anilines is 1. The van der Waals surface area contributed by atoms with Crippen molar-refractivity contribution in [1.82, 2.24) is 25.6 Å². The molecule has 1 aliphatic carbocycles. The minimum Gasteiger partial charge on any atom is -0.377 e. The molecule has 2 heterocycles. The van der Waals surface area contributed by atoms with Gasteiger partial charge >= 0.3 is 0 Å². The minimum atomic E-state index is -0.536. The van der Waals surface area contributed by atoms with E-state index in [0.717, 1.165) is 0 Å². The lowest BCUT2D eigenvalue weighted by molar-refractivity contribution is -0.120. The summed E-state index contributed by atoms with van der Waals surface area (Å²) in [4.78, 5) is 48.5. The molecule has 2 aromatic heterocycles. The summed E-state index contributed by atoms with van der Waals surface area (Å²) in [5, 5.41) is 8.92. The fraction of sp³-hybridized carbons (Fsp3) is 0.500. The van der Waals surface area contributed by atoms with Gasteiger partial charge in [0, 0.05) is 31.8 Å². The van der Waals surface area contributed by atoms with Crippen LogP contribution in [-0.4, -0.2) is 58.0 Å². The quantitative estimate of drug-likeness (QED) is 0.462. The van der Waals surface area contributed by atoms with Crippen molar-refractivity contribution in [3.05, 3.63) is 41.2 Å². The number of carbonyl (C=O) groups is 3. The number of methoxy groups -OCH3 is 1. The van der Waals surface area contributed by atoms with Gasteiger partial charge < -0.3 is 25.7 Å². The maximum Gasteiger partial charge on any atom is 0.272 e. The number of hydrogen-bond acceptors (Lipinski definition) is 6. The van der Waals surface area contributed by atoms with Crippen LogP contribution >= 0.6 is 11.6 Å². The van der Waals surface area contributed by atoms with E-state index in [1.165, 1.54) is 12.5 Å². The second kappa shape index (κ2) is 10.8. The molecule has 0 bridgehead atoms. The first kappa shape index (κ1) is 24.7. The fourth-order valence-corrected chi connectivity index (χ4v) is 3.70. The number of amides is 3. The summed E-state index contributed by atoms with van der Waals surface area (Å²) in [6.45, 7) is 3.96. The molecular formula is C22H29ClN6O4. The molecule has 1 saturated carbocycles. The minimum absolute atomic E-state index is 0.0359. The summed E-state index contributed by atoms with van der Waals surface area (Å²) < 4.78 is 5.29. The van der Waals surface area contributed by atoms with Gasteiger partial charge in [-0.3, -0.25) is 19.4 Å². The molecule has 178 valence electrons. The van der Waals surface area contributed by atoms with Crippen LogP contribution in [0.25, 0.3) is 0 Å². The number of hydrogen-bond donors (Lipinski definition) is 4. The number of nitrogens with zero attached hydrogens (tertiary/aromatic N) is 2. The molecule has 2 aromatic rings. The summed E-state index contributed by atoms with van der Waals surface area (Å²) in [5.74, 6) is -1.15. The third-order valence-corrected chi connectivity index (χ3v) is 6.10. The molecule has 4 N–H and O–H groups in total. The van der Waals surface area contributed by atoms with Crippen molar-refractivity contribution < 1.29 is 19.1 Å². The number of nitrogens with one attached hydrogen (secondary N) is 4. The zero-order valence-corrected chi connectivity index (χ0v) is 19.7. The summed E-state index contributed by atoms with van der Waals surface area (Å²) in [6.07, 6.45) is 6.90. The maximum atomic E-state index is 12.8. The number of ether oxygens (including phenoxy) is 1. The average molecular weight is 477 g/mol. The van der Waals surface area contributed by atoms with Crippen molar-refractivity contribution >= 4 is 35.0 Å². The van der Waals surface area contributed by atoms with Crippen LogP contribution in [-0.2, 0) is 9.53 Å². The molecule has 0 aliphatic heterocycles. The summed E-state index contributed by atoms with van der Waals surface area (Å²) in [5.41, 5.74) is 0.0817. The topological polar surface area (TPSA) is 138 Å². The van der Waals surface area contributed by atoms with Crippen LogP contribution in [0.5, 0.6) is 0 Å². The Labute approximate surface area is 197 Å². The lowest BCUT2D eigenvalue weighted by Crippen LogP contribution is -2.42. The van der Waals surface area contributed by atoms with Crippen molar-refractivity contribution in [2.24, 2.45) is 5.92 Å². The van der Waals surface area contributed by atoms with Crippen LogP contribution in [0.15, 0.2) is 24.8 Å². The highest BCUT2D eigenvalue weighted by Gasteiger charge is 2.29. The van der Waals surface area contributed by atoms with Gasteiger partial charge in [-0.2, -0.15) is 0 Å². The Hall–Kier alpha value is -2.98. The van der Waals surface area contributed by atoms with E-state index in [9.17, 15) is 14.4 Å². The highest BCUT2D eigenvalue weighted by Crippen LogP contribution is 2.27. The molecule has 3 amide bonds. The Morgan fingerprint density at radius 1 is 1.21 bits per heavy atom. The molecule has 11 heteroatoms. The van der Waals surface area contributed by atoms with Crippen molar-refractivity contribution in [2.45, 2.75) is 51.2 Å².